The van der Waals surface area contributed by atoms with Crippen molar-refractivity contribution in [2.75, 3.05) is 31.5 Å². The zero-order valence-corrected chi connectivity index (χ0v) is 16.9. The normalized spacial score (nSPS) is 14.4. The van der Waals surface area contributed by atoms with E-state index in [1.54, 1.807) is 24.0 Å². The highest BCUT2D eigenvalue weighted by Crippen LogP contribution is 2.26. The van der Waals surface area contributed by atoms with Crippen molar-refractivity contribution in [2.45, 2.75) is 20.4 Å². The molecule has 0 radical (unpaired) electrons. The Hall–Kier alpha value is -3.33. The second kappa shape index (κ2) is 9.00. The summed E-state index contributed by atoms with van der Waals surface area (Å²) >= 11 is 0. The third kappa shape index (κ3) is 4.98. The molecule has 1 aliphatic rings. The fraction of sp³-hybridized carbons (Fsp3) is 0.333. The molecular weight excluding hydrogens is 389 g/mol. The van der Waals surface area contributed by atoms with E-state index in [-0.39, 0.29) is 17.3 Å². The van der Waals surface area contributed by atoms with Gasteiger partial charge in [-0.3, -0.25) is 24.3 Å². The van der Waals surface area contributed by atoms with Crippen LogP contribution in [0.25, 0.3) is 0 Å². The van der Waals surface area contributed by atoms with Gasteiger partial charge in [0.05, 0.1) is 17.4 Å². The Morgan fingerprint density at radius 2 is 1.83 bits per heavy atom. The number of Topliss-reactive ketones (excluding diaryl/α,β-unsaturated/α-hetero) is 1. The van der Waals surface area contributed by atoms with Crippen molar-refractivity contribution in [3.8, 4) is 0 Å². The summed E-state index contributed by atoms with van der Waals surface area (Å²) in [4.78, 5) is 42.5. The van der Waals surface area contributed by atoms with E-state index in [1.165, 1.54) is 25.3 Å². The van der Waals surface area contributed by atoms with Crippen LogP contribution in [0.4, 0.5) is 15.8 Å². The first-order valence-electron chi connectivity index (χ1n) is 9.58. The fourth-order valence-electron chi connectivity index (χ4n) is 3.35. The van der Waals surface area contributed by atoms with Crippen LogP contribution in [-0.2, 0) is 11.3 Å². The summed E-state index contributed by atoms with van der Waals surface area (Å²) in [7, 11) is 0. The predicted molar refractivity (Wildman–Crippen MR) is 110 cm³/mol. The SMILES string of the molecule is CC(=O)c1ccc(Nc2cc(F)c(C(N)=O)cc2CN2CCN(C(C)=O)CC2)cn1. The number of hydrogen-bond donors (Lipinski definition) is 2. The molecule has 1 aliphatic heterocycles. The molecule has 1 aromatic carbocycles. The van der Waals surface area contributed by atoms with E-state index >= 15 is 0 Å². The lowest BCUT2D eigenvalue weighted by Gasteiger charge is -2.34. The van der Waals surface area contributed by atoms with Crippen molar-refractivity contribution in [3.05, 3.63) is 53.1 Å². The molecule has 2 heterocycles. The summed E-state index contributed by atoms with van der Waals surface area (Å²) in [6.07, 6.45) is 1.49. The molecule has 2 amide bonds. The first kappa shape index (κ1) is 21.4. The van der Waals surface area contributed by atoms with Gasteiger partial charge in [0.15, 0.2) is 5.78 Å². The minimum atomic E-state index is -0.839. The number of nitrogens with one attached hydrogen (secondary N) is 1. The van der Waals surface area contributed by atoms with E-state index in [0.717, 1.165) is 0 Å². The average molecular weight is 413 g/mol. The molecule has 1 saturated heterocycles. The van der Waals surface area contributed by atoms with Crippen LogP contribution in [-0.4, -0.2) is 58.6 Å². The van der Waals surface area contributed by atoms with Crippen molar-refractivity contribution in [2.24, 2.45) is 5.73 Å². The maximum Gasteiger partial charge on any atom is 0.251 e. The van der Waals surface area contributed by atoms with Gasteiger partial charge in [-0.05, 0) is 29.8 Å². The first-order valence-corrected chi connectivity index (χ1v) is 9.58. The number of ketones is 1. The van der Waals surface area contributed by atoms with E-state index in [9.17, 15) is 18.8 Å². The van der Waals surface area contributed by atoms with Gasteiger partial charge in [-0.2, -0.15) is 0 Å². The maximum absolute atomic E-state index is 14.4. The molecule has 2 aromatic rings. The summed E-state index contributed by atoms with van der Waals surface area (Å²) in [6, 6.07) is 5.95. The average Bonchev–Trinajstić information content (AvgIpc) is 2.70. The van der Waals surface area contributed by atoms with Crippen molar-refractivity contribution < 1.29 is 18.8 Å². The predicted octanol–water partition coefficient (Wildman–Crippen LogP) is 1.93. The summed E-state index contributed by atoms with van der Waals surface area (Å²) in [5.41, 5.74) is 7.22. The second-order valence-electron chi connectivity index (χ2n) is 7.25. The van der Waals surface area contributed by atoms with Crippen molar-refractivity contribution in [1.29, 1.82) is 0 Å². The number of primary amides is 1. The number of carbonyl (C=O) groups is 3. The van der Waals surface area contributed by atoms with Crippen molar-refractivity contribution in [3.63, 3.8) is 0 Å². The number of halogens is 1. The van der Waals surface area contributed by atoms with Crippen molar-refractivity contribution in [1.82, 2.24) is 14.8 Å². The number of aromatic nitrogens is 1. The van der Waals surface area contributed by atoms with E-state index in [1.807, 2.05) is 0 Å². The van der Waals surface area contributed by atoms with Gasteiger partial charge in [0.25, 0.3) is 5.91 Å². The third-order valence-corrected chi connectivity index (χ3v) is 5.07. The van der Waals surface area contributed by atoms with Crippen LogP contribution in [0.5, 0.6) is 0 Å². The standard InChI is InChI=1S/C21H24FN5O3/c1-13(28)19-4-3-16(11-24-19)25-20-10-18(22)17(21(23)30)9-15(20)12-26-5-7-27(8-6-26)14(2)29/h3-4,9-11,25H,5-8,12H2,1-2H3,(H2,23,30). The van der Waals surface area contributed by atoms with Crippen molar-refractivity contribution >= 4 is 29.0 Å². The summed E-state index contributed by atoms with van der Waals surface area (Å²) in [5, 5.41) is 3.11. The molecule has 1 aromatic heterocycles. The molecule has 0 aliphatic carbocycles. The van der Waals surface area contributed by atoms with Gasteiger partial charge in [0, 0.05) is 52.3 Å². The van der Waals surface area contributed by atoms with E-state index < -0.39 is 11.7 Å². The highest BCUT2D eigenvalue weighted by molar-refractivity contribution is 5.94. The van der Waals surface area contributed by atoms with Crippen LogP contribution in [0, 0.1) is 5.82 Å². The van der Waals surface area contributed by atoms with Crippen LogP contribution in [0.3, 0.4) is 0 Å². The topological polar surface area (TPSA) is 109 Å². The minimum absolute atomic E-state index is 0.0383. The Balaban J connectivity index is 1.84. The lowest BCUT2D eigenvalue weighted by Crippen LogP contribution is -2.47. The van der Waals surface area contributed by atoms with Crippen LogP contribution in [0.2, 0.25) is 0 Å². The van der Waals surface area contributed by atoms with Crippen LogP contribution in [0.15, 0.2) is 30.5 Å². The smallest absolute Gasteiger partial charge is 0.251 e. The zero-order chi connectivity index (χ0) is 21.8. The molecule has 9 heteroatoms. The van der Waals surface area contributed by atoms with Crippen LogP contribution < -0.4 is 11.1 Å². The third-order valence-electron chi connectivity index (χ3n) is 5.07. The Morgan fingerprint density at radius 3 is 2.37 bits per heavy atom. The quantitative estimate of drug-likeness (QED) is 0.701. The number of amides is 2. The number of nitrogens with two attached hydrogens (primary N) is 1. The molecule has 30 heavy (non-hydrogen) atoms. The molecule has 8 nitrogen and oxygen atoms in total. The van der Waals surface area contributed by atoms with E-state index in [2.05, 4.69) is 15.2 Å². The summed E-state index contributed by atoms with van der Waals surface area (Å²) in [5.74, 6) is -1.67. The molecule has 0 unspecified atom stereocenters. The van der Waals surface area contributed by atoms with Gasteiger partial charge < -0.3 is 16.0 Å². The molecule has 1 fully saturated rings. The lowest BCUT2D eigenvalue weighted by atomic mass is 10.1. The molecule has 0 bridgehead atoms. The van der Waals surface area contributed by atoms with Gasteiger partial charge in [-0.15, -0.1) is 0 Å². The summed E-state index contributed by atoms with van der Waals surface area (Å²) in [6.45, 7) is 5.97. The van der Waals surface area contributed by atoms with Gasteiger partial charge in [0.1, 0.15) is 11.5 Å². The zero-order valence-electron chi connectivity index (χ0n) is 16.9. The Bertz CT molecular complexity index is 969. The van der Waals surface area contributed by atoms with Gasteiger partial charge in [-0.25, -0.2) is 4.39 Å². The highest BCUT2D eigenvalue weighted by Gasteiger charge is 2.21. The van der Waals surface area contributed by atoms with Gasteiger partial charge >= 0.3 is 0 Å². The Morgan fingerprint density at radius 1 is 1.13 bits per heavy atom. The molecule has 3 N–H and O–H groups in total. The van der Waals surface area contributed by atoms with E-state index in [4.69, 9.17) is 5.73 Å². The maximum atomic E-state index is 14.4. The summed E-state index contributed by atoms with van der Waals surface area (Å²) < 4.78 is 14.4. The number of piperazine rings is 1. The monoisotopic (exact) mass is 413 g/mol. The second-order valence-corrected chi connectivity index (χ2v) is 7.25. The van der Waals surface area contributed by atoms with Crippen LogP contribution in [0.1, 0.15) is 40.3 Å². The number of nitrogens with zero attached hydrogens (tertiary/aromatic N) is 3. The lowest BCUT2D eigenvalue weighted by molar-refractivity contribution is -0.130. The molecule has 0 spiro atoms. The molecule has 158 valence electrons. The number of anilines is 2. The van der Waals surface area contributed by atoms with E-state index in [0.29, 0.717) is 55.4 Å². The number of benzene rings is 1. The molecular formula is C21H24FN5O3. The largest absolute Gasteiger partial charge is 0.366 e. The number of rotatable bonds is 6. The number of hydrogen-bond acceptors (Lipinski definition) is 6. The van der Waals surface area contributed by atoms with Gasteiger partial charge in [0.2, 0.25) is 5.91 Å². The van der Waals surface area contributed by atoms with Gasteiger partial charge in [-0.1, -0.05) is 0 Å². The fourth-order valence-corrected chi connectivity index (χ4v) is 3.35. The highest BCUT2D eigenvalue weighted by atomic mass is 19.1. The molecule has 0 saturated carbocycles. The minimum Gasteiger partial charge on any atom is -0.366 e. The Labute approximate surface area is 173 Å². The molecule has 3 rings (SSSR count). The number of carbonyl (C=O) groups excluding carboxylic acids is 3. The number of pyridine rings is 1. The molecule has 0 atom stereocenters. The van der Waals surface area contributed by atoms with Crippen LogP contribution >= 0.6 is 0 Å². The first-order chi connectivity index (χ1) is 14.2. The Kier molecular flexibility index (Phi) is 6.41.